The molecule has 0 saturated carbocycles. The first kappa shape index (κ1) is 13.2. The number of nitrogens with one attached hydrogen (secondary N) is 1. The van der Waals surface area contributed by atoms with Gasteiger partial charge in [0.2, 0.25) is 11.8 Å². The van der Waals surface area contributed by atoms with Crippen LogP contribution in [0.4, 0.5) is 4.39 Å². The molecule has 1 aromatic heterocycles. The molecule has 1 aliphatic heterocycles. The van der Waals surface area contributed by atoms with Crippen LogP contribution in [0.5, 0.6) is 0 Å². The summed E-state index contributed by atoms with van der Waals surface area (Å²) in [6.07, 6.45) is 1.13. The Morgan fingerprint density at radius 3 is 2.85 bits per heavy atom. The zero-order valence-corrected chi connectivity index (χ0v) is 11.3. The van der Waals surface area contributed by atoms with Crippen LogP contribution in [0, 0.1) is 5.82 Å². The first-order valence-corrected chi connectivity index (χ1v) is 6.71. The summed E-state index contributed by atoms with van der Waals surface area (Å²) in [6, 6.07) is 6.55. The molecule has 1 N–H and O–H groups in total. The Kier molecular flexibility index (Phi) is 3.75. The van der Waals surface area contributed by atoms with Gasteiger partial charge in [0.05, 0.1) is 6.54 Å². The fourth-order valence-corrected chi connectivity index (χ4v) is 2.38. The standard InChI is InChI=1S/C14H17FN4O/c1-19(12-6-7-16-8-12)9-13-17-18-14(20-13)10-2-4-11(15)5-3-10/h2-5,12,16H,6-9H2,1H3. The van der Waals surface area contributed by atoms with E-state index < -0.39 is 0 Å². The van der Waals surface area contributed by atoms with E-state index in [0.29, 0.717) is 24.4 Å². The van der Waals surface area contributed by atoms with Crippen molar-refractivity contribution in [2.45, 2.75) is 19.0 Å². The van der Waals surface area contributed by atoms with Crippen LogP contribution in [0.25, 0.3) is 11.5 Å². The molecule has 3 rings (SSSR count). The molecule has 0 amide bonds. The molecule has 0 radical (unpaired) electrons. The minimum absolute atomic E-state index is 0.276. The molecule has 5 nitrogen and oxygen atoms in total. The number of hydrogen-bond donors (Lipinski definition) is 1. The highest BCUT2D eigenvalue weighted by Crippen LogP contribution is 2.19. The highest BCUT2D eigenvalue weighted by Gasteiger charge is 2.21. The van der Waals surface area contributed by atoms with Crippen LogP contribution in [-0.4, -0.2) is 41.3 Å². The fourth-order valence-electron chi connectivity index (χ4n) is 2.38. The Balaban J connectivity index is 1.68. The van der Waals surface area contributed by atoms with Gasteiger partial charge in [-0.2, -0.15) is 0 Å². The molecule has 0 aliphatic carbocycles. The molecular formula is C14H17FN4O. The van der Waals surface area contributed by atoms with Crippen molar-refractivity contribution in [1.82, 2.24) is 20.4 Å². The Morgan fingerprint density at radius 2 is 2.15 bits per heavy atom. The van der Waals surface area contributed by atoms with Gasteiger partial charge in [-0.3, -0.25) is 4.90 Å². The molecule has 6 heteroatoms. The van der Waals surface area contributed by atoms with Crippen molar-refractivity contribution in [2.24, 2.45) is 0 Å². The summed E-state index contributed by atoms with van der Waals surface area (Å²) in [7, 11) is 2.05. The van der Waals surface area contributed by atoms with E-state index in [-0.39, 0.29) is 5.82 Å². The van der Waals surface area contributed by atoms with Gasteiger partial charge in [-0.15, -0.1) is 10.2 Å². The maximum Gasteiger partial charge on any atom is 0.247 e. The largest absolute Gasteiger partial charge is 0.419 e. The third-order valence-corrected chi connectivity index (χ3v) is 3.60. The summed E-state index contributed by atoms with van der Waals surface area (Å²) in [6.45, 7) is 2.68. The molecule has 0 spiro atoms. The molecule has 20 heavy (non-hydrogen) atoms. The molecule has 2 heterocycles. The summed E-state index contributed by atoms with van der Waals surface area (Å²) in [5.74, 6) is 0.735. The van der Waals surface area contributed by atoms with Crippen molar-refractivity contribution in [3.63, 3.8) is 0 Å². The van der Waals surface area contributed by atoms with Gasteiger partial charge in [-0.25, -0.2) is 4.39 Å². The van der Waals surface area contributed by atoms with E-state index in [4.69, 9.17) is 4.42 Å². The Labute approximate surface area is 116 Å². The second-order valence-corrected chi connectivity index (χ2v) is 5.07. The predicted molar refractivity (Wildman–Crippen MR) is 72.4 cm³/mol. The molecule has 1 fully saturated rings. The predicted octanol–water partition coefficient (Wildman–Crippen LogP) is 1.67. The molecular weight excluding hydrogens is 259 g/mol. The summed E-state index contributed by atoms with van der Waals surface area (Å²) in [5, 5.41) is 11.4. The lowest BCUT2D eigenvalue weighted by atomic mass is 10.2. The zero-order valence-electron chi connectivity index (χ0n) is 11.3. The smallest absolute Gasteiger partial charge is 0.247 e. The quantitative estimate of drug-likeness (QED) is 0.920. The molecule has 1 saturated heterocycles. The van der Waals surface area contributed by atoms with Gasteiger partial charge in [0, 0.05) is 18.2 Å². The third kappa shape index (κ3) is 2.86. The summed E-state index contributed by atoms with van der Waals surface area (Å²) >= 11 is 0. The van der Waals surface area contributed by atoms with Gasteiger partial charge >= 0.3 is 0 Å². The van der Waals surface area contributed by atoms with E-state index in [1.807, 2.05) is 0 Å². The maximum absolute atomic E-state index is 12.9. The molecule has 0 bridgehead atoms. The summed E-state index contributed by atoms with van der Waals surface area (Å²) < 4.78 is 18.5. The third-order valence-electron chi connectivity index (χ3n) is 3.60. The Morgan fingerprint density at radius 1 is 1.35 bits per heavy atom. The van der Waals surface area contributed by atoms with Crippen molar-refractivity contribution in [3.8, 4) is 11.5 Å². The van der Waals surface area contributed by atoms with E-state index in [0.717, 1.165) is 25.1 Å². The van der Waals surface area contributed by atoms with E-state index in [1.54, 1.807) is 12.1 Å². The molecule has 1 atom stereocenters. The van der Waals surface area contributed by atoms with Crippen LogP contribution in [0.1, 0.15) is 12.3 Å². The van der Waals surface area contributed by atoms with E-state index >= 15 is 0 Å². The number of likely N-dealkylation sites (N-methyl/N-ethyl adjacent to an activating group) is 1. The van der Waals surface area contributed by atoms with Crippen LogP contribution in [0.15, 0.2) is 28.7 Å². The molecule has 1 aliphatic rings. The van der Waals surface area contributed by atoms with Gasteiger partial charge in [-0.1, -0.05) is 0 Å². The highest BCUT2D eigenvalue weighted by molar-refractivity contribution is 5.51. The van der Waals surface area contributed by atoms with E-state index in [9.17, 15) is 4.39 Å². The SMILES string of the molecule is CN(Cc1nnc(-c2ccc(F)cc2)o1)C1CCNC1. The number of nitrogens with zero attached hydrogens (tertiary/aromatic N) is 3. The minimum Gasteiger partial charge on any atom is -0.419 e. The average Bonchev–Trinajstić information content (AvgIpc) is 3.10. The van der Waals surface area contributed by atoms with Crippen molar-refractivity contribution < 1.29 is 8.81 Å². The van der Waals surface area contributed by atoms with Crippen molar-refractivity contribution >= 4 is 0 Å². The second kappa shape index (κ2) is 5.68. The molecule has 1 aromatic carbocycles. The number of rotatable bonds is 4. The first-order chi connectivity index (χ1) is 9.72. The van der Waals surface area contributed by atoms with Crippen molar-refractivity contribution in [3.05, 3.63) is 36.0 Å². The lowest BCUT2D eigenvalue weighted by Crippen LogP contribution is -2.32. The maximum atomic E-state index is 12.9. The topological polar surface area (TPSA) is 54.2 Å². The fraction of sp³-hybridized carbons (Fsp3) is 0.429. The van der Waals surface area contributed by atoms with Crippen LogP contribution in [0.3, 0.4) is 0 Å². The normalized spacial score (nSPS) is 18.9. The van der Waals surface area contributed by atoms with Gasteiger partial charge in [0.15, 0.2) is 0 Å². The highest BCUT2D eigenvalue weighted by atomic mass is 19.1. The van der Waals surface area contributed by atoms with Crippen molar-refractivity contribution in [1.29, 1.82) is 0 Å². The number of benzene rings is 1. The van der Waals surface area contributed by atoms with E-state index in [2.05, 4.69) is 27.5 Å². The molecule has 1 unspecified atom stereocenters. The number of hydrogen-bond acceptors (Lipinski definition) is 5. The average molecular weight is 276 g/mol. The summed E-state index contributed by atoms with van der Waals surface area (Å²) in [5.41, 5.74) is 0.732. The zero-order chi connectivity index (χ0) is 13.9. The van der Waals surface area contributed by atoms with Gasteiger partial charge in [-0.05, 0) is 44.3 Å². The Bertz CT molecular complexity index is 563. The van der Waals surface area contributed by atoms with Crippen LogP contribution >= 0.6 is 0 Å². The molecule has 2 aromatic rings. The van der Waals surface area contributed by atoms with Gasteiger partial charge in [0.1, 0.15) is 5.82 Å². The summed E-state index contributed by atoms with van der Waals surface area (Å²) in [4.78, 5) is 2.21. The first-order valence-electron chi connectivity index (χ1n) is 6.71. The van der Waals surface area contributed by atoms with Crippen LogP contribution < -0.4 is 5.32 Å². The Hall–Kier alpha value is -1.79. The van der Waals surface area contributed by atoms with Crippen molar-refractivity contribution in [2.75, 3.05) is 20.1 Å². The number of halogens is 1. The monoisotopic (exact) mass is 276 g/mol. The van der Waals surface area contributed by atoms with Crippen LogP contribution in [-0.2, 0) is 6.54 Å². The van der Waals surface area contributed by atoms with E-state index in [1.165, 1.54) is 12.1 Å². The van der Waals surface area contributed by atoms with Crippen LogP contribution in [0.2, 0.25) is 0 Å². The lowest BCUT2D eigenvalue weighted by molar-refractivity contribution is 0.226. The van der Waals surface area contributed by atoms with Gasteiger partial charge in [0.25, 0.3) is 0 Å². The minimum atomic E-state index is -0.276. The molecule has 106 valence electrons. The number of aromatic nitrogens is 2. The second-order valence-electron chi connectivity index (χ2n) is 5.07. The van der Waals surface area contributed by atoms with Gasteiger partial charge < -0.3 is 9.73 Å². The lowest BCUT2D eigenvalue weighted by Gasteiger charge is -2.21.